The fourth-order valence-corrected chi connectivity index (χ4v) is 4.93. The number of allylic oxidation sites excluding steroid dienone is 2. The van der Waals surface area contributed by atoms with Crippen molar-refractivity contribution >= 4 is 31.8 Å². The normalized spacial score (nSPS) is 13.8. The van der Waals surface area contributed by atoms with Gasteiger partial charge in [-0.3, -0.25) is 28.2 Å². The van der Waals surface area contributed by atoms with E-state index in [9.17, 15) is 28.6 Å². The highest BCUT2D eigenvalue weighted by Crippen LogP contribution is 2.43. The summed E-state index contributed by atoms with van der Waals surface area (Å²) in [5.41, 5.74) is 0. The second-order valence-corrected chi connectivity index (χ2v) is 13.7. The smallest absolute Gasteiger partial charge is 0.462 e. The first-order chi connectivity index (χ1) is 20.9. The Morgan fingerprint density at radius 2 is 1.30 bits per heavy atom. The highest BCUT2D eigenvalue weighted by Gasteiger charge is 2.27. The maximum absolute atomic E-state index is 12.3. The monoisotopic (exact) mass is 648 g/mol. The van der Waals surface area contributed by atoms with Gasteiger partial charge in [0.25, 0.3) is 0 Å². The van der Waals surface area contributed by atoms with Crippen LogP contribution in [0.25, 0.3) is 0 Å². The predicted octanol–water partition coefficient (Wildman–Crippen LogP) is 6.26. The van der Waals surface area contributed by atoms with Gasteiger partial charge in [-0.1, -0.05) is 84.0 Å². The fourth-order valence-electron chi connectivity index (χ4n) is 4.19. The zero-order valence-corrected chi connectivity index (χ0v) is 28.6. The number of carbonyl (C=O) groups is 4. The summed E-state index contributed by atoms with van der Waals surface area (Å²) < 4.78 is 33.4. The third-order valence-electron chi connectivity index (χ3n) is 6.82. The molecule has 1 unspecified atom stereocenters. The van der Waals surface area contributed by atoms with Gasteiger partial charge in [0.2, 0.25) is 0 Å². The van der Waals surface area contributed by atoms with Crippen molar-refractivity contribution < 1.29 is 51.6 Å². The molecule has 0 bridgehead atoms. The molecular weight excluding hydrogens is 589 g/mol. The quantitative estimate of drug-likeness (QED) is 0.0237. The molecule has 0 spiro atoms. The Morgan fingerprint density at radius 3 is 1.84 bits per heavy atom. The summed E-state index contributed by atoms with van der Waals surface area (Å²) in [4.78, 5) is 56.6. The van der Waals surface area contributed by atoms with E-state index < -0.39 is 32.5 Å². The van der Waals surface area contributed by atoms with E-state index in [-0.39, 0.29) is 44.7 Å². The molecule has 44 heavy (non-hydrogen) atoms. The Hall–Kier alpha value is -1.91. The molecule has 12 heteroatoms. The number of hydrogen-bond acceptors (Lipinski definition) is 9. The van der Waals surface area contributed by atoms with Crippen LogP contribution in [0.4, 0.5) is 0 Å². The van der Waals surface area contributed by atoms with Crippen LogP contribution in [0.3, 0.4) is 0 Å². The molecule has 0 saturated carbocycles. The molecule has 1 N–H and O–H groups in total. The lowest BCUT2D eigenvalue weighted by Gasteiger charge is -2.24. The average Bonchev–Trinajstić information content (AvgIpc) is 2.95. The summed E-state index contributed by atoms with van der Waals surface area (Å²) in [6, 6.07) is 0. The van der Waals surface area contributed by atoms with Crippen LogP contribution in [-0.4, -0.2) is 87.0 Å². The molecule has 2 atom stereocenters. The minimum atomic E-state index is -4.43. The van der Waals surface area contributed by atoms with Crippen molar-refractivity contribution in [2.75, 3.05) is 47.5 Å². The summed E-state index contributed by atoms with van der Waals surface area (Å²) in [5.74, 6) is -1.44. The molecule has 0 amide bonds. The Labute approximate surface area is 265 Å². The van der Waals surface area contributed by atoms with Crippen LogP contribution >= 0.6 is 7.82 Å². The van der Waals surface area contributed by atoms with Crippen molar-refractivity contribution in [1.82, 2.24) is 0 Å². The first kappa shape index (κ1) is 42.1. The SMILES string of the molecule is CCCCCCCCCCCCCCCC(=O)OC[C@H](COP(=O)(O)OCC[N+](C)(C)C)OC(=O)CCCC(=O)/C=C/C=O. The van der Waals surface area contributed by atoms with Gasteiger partial charge in [-0.15, -0.1) is 0 Å². The van der Waals surface area contributed by atoms with Gasteiger partial charge < -0.3 is 18.9 Å². The Kier molecular flexibility index (Phi) is 25.2. The molecule has 0 radical (unpaired) electrons. The molecule has 0 aromatic carbocycles. The lowest BCUT2D eigenvalue weighted by atomic mass is 10.0. The molecule has 0 heterocycles. The molecule has 0 fully saturated rings. The van der Waals surface area contributed by atoms with Crippen LogP contribution in [0.5, 0.6) is 0 Å². The third kappa shape index (κ3) is 28.8. The highest BCUT2D eigenvalue weighted by molar-refractivity contribution is 7.47. The summed E-state index contributed by atoms with van der Waals surface area (Å²) in [6.45, 7) is 1.81. The van der Waals surface area contributed by atoms with Crippen molar-refractivity contribution in [1.29, 1.82) is 0 Å². The number of esters is 2. The summed E-state index contributed by atoms with van der Waals surface area (Å²) in [7, 11) is 1.28. The van der Waals surface area contributed by atoms with Gasteiger partial charge in [-0.25, -0.2) is 4.57 Å². The van der Waals surface area contributed by atoms with E-state index in [2.05, 4.69) is 6.92 Å². The number of rotatable bonds is 30. The molecule has 256 valence electrons. The van der Waals surface area contributed by atoms with Crippen LogP contribution in [0.1, 0.15) is 116 Å². The second kappa shape index (κ2) is 26.3. The number of unbranched alkanes of at least 4 members (excludes halogenated alkanes) is 12. The van der Waals surface area contributed by atoms with E-state index >= 15 is 0 Å². The maximum Gasteiger partial charge on any atom is 0.472 e. The van der Waals surface area contributed by atoms with Gasteiger partial charge in [-0.05, 0) is 25.0 Å². The summed E-state index contributed by atoms with van der Waals surface area (Å²) in [5, 5.41) is 0. The first-order valence-corrected chi connectivity index (χ1v) is 17.8. The molecule has 0 aliphatic carbocycles. The Bertz CT molecular complexity index is 872. The van der Waals surface area contributed by atoms with Crippen LogP contribution in [0.2, 0.25) is 0 Å². The lowest BCUT2D eigenvalue weighted by Crippen LogP contribution is -2.37. The lowest BCUT2D eigenvalue weighted by molar-refractivity contribution is -0.870. The van der Waals surface area contributed by atoms with Crippen LogP contribution in [-0.2, 0) is 42.3 Å². The van der Waals surface area contributed by atoms with Crippen LogP contribution < -0.4 is 0 Å². The van der Waals surface area contributed by atoms with E-state index in [0.29, 0.717) is 23.7 Å². The highest BCUT2D eigenvalue weighted by atomic mass is 31.2. The Balaban J connectivity index is 4.49. The summed E-state index contributed by atoms with van der Waals surface area (Å²) >= 11 is 0. The van der Waals surface area contributed by atoms with Crippen molar-refractivity contribution in [2.45, 2.75) is 122 Å². The Morgan fingerprint density at radius 1 is 0.750 bits per heavy atom. The number of phosphoric ester groups is 1. The van der Waals surface area contributed by atoms with Crippen molar-refractivity contribution in [3.05, 3.63) is 12.2 Å². The number of carbonyl (C=O) groups excluding carboxylic acids is 4. The number of aldehydes is 1. The van der Waals surface area contributed by atoms with Gasteiger partial charge in [-0.2, -0.15) is 0 Å². The molecule has 0 aromatic heterocycles. The number of phosphoric acid groups is 1. The van der Waals surface area contributed by atoms with Gasteiger partial charge in [0.15, 0.2) is 11.9 Å². The molecule has 0 saturated heterocycles. The zero-order valence-electron chi connectivity index (χ0n) is 27.7. The van der Waals surface area contributed by atoms with Gasteiger partial charge in [0.1, 0.15) is 26.0 Å². The van der Waals surface area contributed by atoms with E-state index in [4.69, 9.17) is 18.5 Å². The number of nitrogens with zero attached hydrogens (tertiary/aromatic N) is 1. The van der Waals surface area contributed by atoms with E-state index in [1.807, 2.05) is 21.1 Å². The molecule has 11 nitrogen and oxygen atoms in total. The minimum absolute atomic E-state index is 0.0254. The number of ketones is 1. The number of hydrogen-bond donors (Lipinski definition) is 1. The van der Waals surface area contributed by atoms with E-state index in [1.165, 1.54) is 57.8 Å². The second-order valence-electron chi connectivity index (χ2n) is 12.2. The van der Waals surface area contributed by atoms with Gasteiger partial charge in [0.05, 0.1) is 27.7 Å². The average molecular weight is 649 g/mol. The first-order valence-electron chi connectivity index (χ1n) is 16.3. The largest absolute Gasteiger partial charge is 0.472 e. The molecule has 0 rings (SSSR count). The van der Waals surface area contributed by atoms with E-state index in [1.54, 1.807) is 0 Å². The van der Waals surface area contributed by atoms with Gasteiger partial charge in [0, 0.05) is 19.3 Å². The van der Waals surface area contributed by atoms with E-state index in [0.717, 1.165) is 31.4 Å². The number of ether oxygens (including phenoxy) is 2. The van der Waals surface area contributed by atoms with Crippen molar-refractivity contribution in [2.24, 2.45) is 0 Å². The minimum Gasteiger partial charge on any atom is -0.462 e. The van der Waals surface area contributed by atoms with Crippen molar-refractivity contribution in [3.63, 3.8) is 0 Å². The molecular formula is C32H59NO10P+. The predicted molar refractivity (Wildman–Crippen MR) is 170 cm³/mol. The molecule has 0 aliphatic rings. The molecule has 0 aromatic rings. The van der Waals surface area contributed by atoms with Crippen molar-refractivity contribution in [3.8, 4) is 0 Å². The number of likely N-dealkylation sites (N-methyl/N-ethyl adjacent to an activating group) is 1. The standard InChI is InChI=1S/C32H58NO10P/c1-5-6-7-8-9-10-11-12-13-14-15-16-17-22-31(36)40-27-30(28-42-44(38,39)41-26-24-33(2,3)4)43-32(37)23-18-20-29(35)21-19-25-34/h19,21,25,30H,5-18,20,22-24,26-28H2,1-4H3/p+1/b21-19+/t30-/m1/s1. The zero-order chi connectivity index (χ0) is 33.1. The van der Waals surface area contributed by atoms with Crippen LogP contribution in [0.15, 0.2) is 12.2 Å². The summed E-state index contributed by atoms with van der Waals surface area (Å²) in [6.07, 6.45) is 17.4. The van der Waals surface area contributed by atoms with Gasteiger partial charge >= 0.3 is 19.8 Å². The molecule has 0 aliphatic heterocycles. The number of quaternary nitrogens is 1. The maximum atomic E-state index is 12.3. The fraction of sp³-hybridized carbons (Fsp3) is 0.812. The topological polar surface area (TPSA) is 142 Å². The van der Waals surface area contributed by atoms with Crippen LogP contribution in [0, 0.1) is 0 Å². The third-order valence-corrected chi connectivity index (χ3v) is 7.80.